The Morgan fingerprint density at radius 2 is 2.04 bits per heavy atom. The third-order valence-corrected chi connectivity index (χ3v) is 5.02. The second-order valence-electron chi connectivity index (χ2n) is 6.92. The summed E-state index contributed by atoms with van der Waals surface area (Å²) in [6, 6.07) is 7.73. The second-order valence-corrected chi connectivity index (χ2v) is 6.92. The van der Waals surface area contributed by atoms with Crippen molar-refractivity contribution < 1.29 is 14.1 Å². The van der Waals surface area contributed by atoms with E-state index in [2.05, 4.69) is 15.5 Å². The molecular formula is C20H29ClN4O3. The normalized spacial score (nSPS) is 18.9. The van der Waals surface area contributed by atoms with Gasteiger partial charge in [0.1, 0.15) is 5.75 Å². The lowest BCUT2D eigenvalue weighted by atomic mass is 9.84. The van der Waals surface area contributed by atoms with Gasteiger partial charge in [-0.15, -0.1) is 12.4 Å². The molecule has 1 aliphatic carbocycles. The maximum atomic E-state index is 12.3. The van der Waals surface area contributed by atoms with E-state index in [1.165, 1.54) is 6.42 Å². The van der Waals surface area contributed by atoms with E-state index in [9.17, 15) is 4.79 Å². The van der Waals surface area contributed by atoms with Gasteiger partial charge < -0.3 is 20.3 Å². The minimum Gasteiger partial charge on any atom is -0.494 e. The first-order valence-corrected chi connectivity index (χ1v) is 9.75. The molecule has 2 unspecified atom stereocenters. The van der Waals surface area contributed by atoms with E-state index in [0.717, 1.165) is 30.6 Å². The molecule has 1 aromatic carbocycles. The monoisotopic (exact) mass is 408 g/mol. The molecule has 1 heterocycles. The van der Waals surface area contributed by atoms with Gasteiger partial charge in [0.2, 0.25) is 17.6 Å². The van der Waals surface area contributed by atoms with Crippen LogP contribution in [0.4, 0.5) is 0 Å². The molecule has 3 N–H and O–H groups in total. The number of carbonyl (C=O) groups is 1. The summed E-state index contributed by atoms with van der Waals surface area (Å²) >= 11 is 0. The molecule has 1 fully saturated rings. The quantitative estimate of drug-likeness (QED) is 0.695. The Hall–Kier alpha value is -2.12. The number of nitrogens with one attached hydrogen (secondary N) is 1. The number of benzene rings is 1. The number of halogens is 1. The lowest BCUT2D eigenvalue weighted by Crippen LogP contribution is -2.44. The van der Waals surface area contributed by atoms with E-state index in [0.29, 0.717) is 43.6 Å². The maximum Gasteiger partial charge on any atom is 0.227 e. The second kappa shape index (κ2) is 11.0. The van der Waals surface area contributed by atoms with Crippen molar-refractivity contribution in [1.29, 1.82) is 0 Å². The number of rotatable bonds is 8. The number of amides is 1. The van der Waals surface area contributed by atoms with Crippen molar-refractivity contribution in [1.82, 2.24) is 15.5 Å². The highest BCUT2D eigenvalue weighted by Crippen LogP contribution is 2.24. The number of nitrogens with two attached hydrogens (primary N) is 1. The highest BCUT2D eigenvalue weighted by Gasteiger charge is 2.25. The molecule has 154 valence electrons. The number of hydrogen-bond acceptors (Lipinski definition) is 6. The number of aryl methyl sites for hydroxylation is 1. The van der Waals surface area contributed by atoms with Gasteiger partial charge in [-0.1, -0.05) is 18.0 Å². The molecule has 1 aliphatic rings. The molecule has 7 nitrogen and oxygen atoms in total. The van der Waals surface area contributed by atoms with Crippen LogP contribution in [0.15, 0.2) is 28.8 Å². The van der Waals surface area contributed by atoms with E-state index in [1.807, 2.05) is 31.2 Å². The highest BCUT2D eigenvalue weighted by molar-refractivity contribution is 5.85. The van der Waals surface area contributed by atoms with Crippen molar-refractivity contribution in [3.63, 3.8) is 0 Å². The van der Waals surface area contributed by atoms with Crippen LogP contribution < -0.4 is 15.8 Å². The number of aromatic nitrogens is 2. The molecule has 1 amide bonds. The third-order valence-electron chi connectivity index (χ3n) is 5.02. The first-order valence-electron chi connectivity index (χ1n) is 9.75. The topological polar surface area (TPSA) is 103 Å². The Bertz CT molecular complexity index is 735. The zero-order valence-corrected chi connectivity index (χ0v) is 17.0. The van der Waals surface area contributed by atoms with Gasteiger partial charge >= 0.3 is 0 Å². The molecule has 28 heavy (non-hydrogen) atoms. The van der Waals surface area contributed by atoms with Crippen molar-refractivity contribution >= 4 is 18.3 Å². The minimum absolute atomic E-state index is 0. The van der Waals surface area contributed by atoms with Gasteiger partial charge in [0.25, 0.3) is 0 Å². The van der Waals surface area contributed by atoms with Crippen LogP contribution in [0.1, 0.15) is 44.9 Å². The molecule has 0 aliphatic heterocycles. The van der Waals surface area contributed by atoms with Crippen LogP contribution >= 0.6 is 12.4 Å². The number of nitrogens with zero attached hydrogens (tertiary/aromatic N) is 2. The standard InChI is InChI=1S/C20H28N4O3.ClH/c1-2-26-16-9-7-14(8-10-16)20-23-19(27-24-20)12-11-18(25)22-17-6-4-3-5-15(17)13-21;/h7-10,15,17H,2-6,11-13,21H2,1H3,(H,22,25);1H. The van der Waals surface area contributed by atoms with Crippen molar-refractivity contribution in [2.45, 2.75) is 51.5 Å². The fourth-order valence-electron chi connectivity index (χ4n) is 3.52. The third kappa shape index (κ3) is 5.94. The Labute approximate surface area is 171 Å². The highest BCUT2D eigenvalue weighted by atomic mass is 35.5. The molecule has 0 spiro atoms. The first-order chi connectivity index (χ1) is 13.2. The van der Waals surface area contributed by atoms with Crippen molar-refractivity contribution in [3.8, 4) is 17.1 Å². The van der Waals surface area contributed by atoms with Gasteiger partial charge in [-0.2, -0.15) is 4.98 Å². The molecule has 8 heteroatoms. The predicted molar refractivity (Wildman–Crippen MR) is 109 cm³/mol. The molecule has 1 aromatic heterocycles. The van der Waals surface area contributed by atoms with Crippen LogP contribution in [-0.4, -0.2) is 35.2 Å². The van der Waals surface area contributed by atoms with E-state index >= 15 is 0 Å². The van der Waals surface area contributed by atoms with E-state index < -0.39 is 0 Å². The molecule has 2 aromatic rings. The maximum absolute atomic E-state index is 12.3. The fraction of sp³-hybridized carbons (Fsp3) is 0.550. The van der Waals surface area contributed by atoms with Gasteiger partial charge in [-0.3, -0.25) is 4.79 Å². The Morgan fingerprint density at radius 1 is 1.29 bits per heavy atom. The Morgan fingerprint density at radius 3 is 2.75 bits per heavy atom. The number of hydrogen-bond donors (Lipinski definition) is 2. The molecule has 0 radical (unpaired) electrons. The van der Waals surface area contributed by atoms with Crippen LogP contribution in [0.3, 0.4) is 0 Å². The average molecular weight is 409 g/mol. The summed E-state index contributed by atoms with van der Waals surface area (Å²) in [6.45, 7) is 3.20. The summed E-state index contributed by atoms with van der Waals surface area (Å²) in [4.78, 5) is 16.7. The zero-order valence-electron chi connectivity index (χ0n) is 16.2. The largest absolute Gasteiger partial charge is 0.494 e. The summed E-state index contributed by atoms with van der Waals surface area (Å²) in [5.74, 6) is 2.19. The molecule has 0 bridgehead atoms. The lowest BCUT2D eigenvalue weighted by molar-refractivity contribution is -0.122. The van der Waals surface area contributed by atoms with Gasteiger partial charge in [0.05, 0.1) is 6.61 Å². The van der Waals surface area contributed by atoms with Crippen LogP contribution in [0.2, 0.25) is 0 Å². The van der Waals surface area contributed by atoms with Gasteiger partial charge in [0, 0.05) is 24.4 Å². The fourth-order valence-corrected chi connectivity index (χ4v) is 3.52. The van der Waals surface area contributed by atoms with Crippen molar-refractivity contribution in [2.24, 2.45) is 11.7 Å². The SMILES string of the molecule is CCOc1ccc(-c2noc(CCC(=O)NC3CCCCC3CN)n2)cc1.Cl. The summed E-state index contributed by atoms with van der Waals surface area (Å²) in [5.41, 5.74) is 6.68. The van der Waals surface area contributed by atoms with Gasteiger partial charge in [-0.25, -0.2) is 0 Å². The van der Waals surface area contributed by atoms with E-state index in [4.69, 9.17) is 15.0 Å². The van der Waals surface area contributed by atoms with Gasteiger partial charge in [-0.05, 0) is 56.5 Å². The van der Waals surface area contributed by atoms with Crippen LogP contribution in [0.25, 0.3) is 11.4 Å². The predicted octanol–water partition coefficient (Wildman–Crippen LogP) is 3.12. The average Bonchev–Trinajstić information content (AvgIpc) is 3.17. The summed E-state index contributed by atoms with van der Waals surface area (Å²) < 4.78 is 10.7. The number of ether oxygens (including phenoxy) is 1. The van der Waals surface area contributed by atoms with Crippen LogP contribution in [0.5, 0.6) is 5.75 Å². The van der Waals surface area contributed by atoms with Crippen molar-refractivity contribution in [3.05, 3.63) is 30.2 Å². The summed E-state index contributed by atoms with van der Waals surface area (Å²) in [6.07, 6.45) is 5.21. The number of carbonyl (C=O) groups excluding carboxylic acids is 1. The Kier molecular flexibility index (Phi) is 8.73. The molecule has 0 saturated heterocycles. The van der Waals surface area contributed by atoms with Crippen LogP contribution in [-0.2, 0) is 11.2 Å². The summed E-state index contributed by atoms with van der Waals surface area (Å²) in [7, 11) is 0. The first kappa shape index (κ1) is 22.2. The molecule has 3 rings (SSSR count). The lowest BCUT2D eigenvalue weighted by Gasteiger charge is -2.31. The smallest absolute Gasteiger partial charge is 0.227 e. The minimum atomic E-state index is 0. The van der Waals surface area contributed by atoms with Crippen molar-refractivity contribution in [2.75, 3.05) is 13.2 Å². The Balaban J connectivity index is 0.00000280. The zero-order chi connectivity index (χ0) is 19.1. The molecular weight excluding hydrogens is 380 g/mol. The molecule has 2 atom stereocenters. The van der Waals surface area contributed by atoms with Gasteiger partial charge in [0.15, 0.2) is 0 Å². The van der Waals surface area contributed by atoms with Crippen LogP contribution in [0, 0.1) is 5.92 Å². The van der Waals surface area contributed by atoms with E-state index in [1.54, 1.807) is 0 Å². The summed E-state index contributed by atoms with van der Waals surface area (Å²) in [5, 5.41) is 7.13. The molecule has 1 saturated carbocycles. The van der Waals surface area contributed by atoms with E-state index in [-0.39, 0.29) is 24.4 Å².